The molecule has 0 aliphatic rings. The zero-order valence-electron chi connectivity index (χ0n) is 10.6. The number of amides is 1. The normalized spacial score (nSPS) is 10.1. The highest BCUT2D eigenvalue weighted by Gasteiger charge is 2.18. The number of carboxylic acids is 1. The fourth-order valence-corrected chi connectivity index (χ4v) is 1.73. The topological polar surface area (TPSA) is 79.3 Å². The van der Waals surface area contributed by atoms with Crippen LogP contribution >= 0.6 is 0 Å². The second-order valence-corrected chi connectivity index (χ2v) is 4.06. The Bertz CT molecular complexity index is 686. The van der Waals surface area contributed by atoms with E-state index < -0.39 is 17.7 Å². The number of carbonyl (C=O) groups is 2. The number of halogens is 1. The fourth-order valence-electron chi connectivity index (χ4n) is 1.73. The quantitative estimate of drug-likeness (QED) is 0.901. The Morgan fingerprint density at radius 2 is 1.90 bits per heavy atom. The first kappa shape index (κ1) is 13.7. The van der Waals surface area contributed by atoms with Crippen molar-refractivity contribution in [2.24, 2.45) is 0 Å². The zero-order valence-corrected chi connectivity index (χ0v) is 10.6. The van der Waals surface area contributed by atoms with Gasteiger partial charge in [0.2, 0.25) is 0 Å². The molecule has 0 fully saturated rings. The van der Waals surface area contributed by atoms with E-state index in [4.69, 9.17) is 5.11 Å². The maximum Gasteiger partial charge on any atom is 0.337 e. The predicted octanol–water partition coefficient (Wildman–Crippen LogP) is 2.48. The summed E-state index contributed by atoms with van der Waals surface area (Å²) < 4.78 is 13.7. The van der Waals surface area contributed by atoms with Crippen molar-refractivity contribution in [2.75, 3.05) is 5.32 Å². The van der Waals surface area contributed by atoms with E-state index in [0.29, 0.717) is 5.69 Å². The van der Waals surface area contributed by atoms with Crippen LogP contribution in [-0.4, -0.2) is 22.0 Å². The van der Waals surface area contributed by atoms with Gasteiger partial charge >= 0.3 is 5.97 Å². The van der Waals surface area contributed by atoms with Gasteiger partial charge in [-0.3, -0.25) is 9.78 Å². The number of hydrogen-bond acceptors (Lipinski definition) is 3. The van der Waals surface area contributed by atoms with Crippen molar-refractivity contribution in [3.63, 3.8) is 0 Å². The van der Waals surface area contributed by atoms with E-state index >= 15 is 0 Å². The number of rotatable bonds is 3. The second kappa shape index (κ2) is 5.48. The average molecular weight is 274 g/mol. The maximum atomic E-state index is 13.7. The van der Waals surface area contributed by atoms with Crippen molar-refractivity contribution < 1.29 is 19.1 Å². The maximum absolute atomic E-state index is 13.7. The van der Waals surface area contributed by atoms with E-state index in [1.165, 1.54) is 24.4 Å². The molecule has 0 radical (unpaired) electrons. The molecule has 1 amide bonds. The third kappa shape index (κ3) is 2.64. The summed E-state index contributed by atoms with van der Waals surface area (Å²) in [6, 6.07) is 6.67. The van der Waals surface area contributed by atoms with Gasteiger partial charge in [0.05, 0.1) is 16.8 Å². The van der Waals surface area contributed by atoms with Crippen LogP contribution < -0.4 is 5.32 Å². The molecule has 1 aromatic carbocycles. The number of aromatic nitrogens is 1. The molecule has 2 N–H and O–H groups in total. The van der Waals surface area contributed by atoms with Crippen LogP contribution in [-0.2, 0) is 0 Å². The Morgan fingerprint density at radius 1 is 1.20 bits per heavy atom. The summed E-state index contributed by atoms with van der Waals surface area (Å²) in [7, 11) is 0. The highest BCUT2D eigenvalue weighted by molar-refractivity contribution is 6.08. The van der Waals surface area contributed by atoms with Crippen LogP contribution in [0.1, 0.15) is 26.4 Å². The van der Waals surface area contributed by atoms with Crippen LogP contribution in [0.2, 0.25) is 0 Å². The van der Waals surface area contributed by atoms with Crippen LogP contribution in [0, 0.1) is 12.7 Å². The summed E-state index contributed by atoms with van der Waals surface area (Å²) in [5.74, 6) is -2.73. The molecule has 102 valence electrons. The molecule has 20 heavy (non-hydrogen) atoms. The number of nitrogens with one attached hydrogen (secondary N) is 1. The smallest absolute Gasteiger partial charge is 0.337 e. The third-order valence-corrected chi connectivity index (χ3v) is 2.73. The van der Waals surface area contributed by atoms with Crippen molar-refractivity contribution in [3.05, 3.63) is 59.2 Å². The summed E-state index contributed by atoms with van der Waals surface area (Å²) in [6.07, 6.45) is 1.53. The molecule has 0 spiro atoms. The lowest BCUT2D eigenvalue weighted by molar-refractivity contribution is 0.0697. The molecule has 0 saturated carbocycles. The van der Waals surface area contributed by atoms with Gasteiger partial charge in [-0.25, -0.2) is 9.18 Å². The second-order valence-electron chi connectivity index (χ2n) is 4.06. The minimum absolute atomic E-state index is 0.257. The van der Waals surface area contributed by atoms with Gasteiger partial charge in [0.25, 0.3) is 5.91 Å². The van der Waals surface area contributed by atoms with Crippen molar-refractivity contribution in [3.8, 4) is 0 Å². The fraction of sp³-hybridized carbons (Fsp3) is 0.0714. The Hall–Kier alpha value is -2.76. The van der Waals surface area contributed by atoms with Gasteiger partial charge in [0, 0.05) is 11.9 Å². The molecule has 1 heterocycles. The first-order chi connectivity index (χ1) is 9.50. The van der Waals surface area contributed by atoms with E-state index in [0.717, 1.165) is 6.07 Å². The molecule has 0 saturated heterocycles. The number of aryl methyl sites for hydroxylation is 1. The summed E-state index contributed by atoms with van der Waals surface area (Å²) in [5, 5.41) is 11.3. The number of carbonyl (C=O) groups excluding carboxylic acids is 1. The van der Waals surface area contributed by atoms with Crippen LogP contribution in [0.5, 0.6) is 0 Å². The van der Waals surface area contributed by atoms with Crippen molar-refractivity contribution in [2.45, 2.75) is 6.92 Å². The third-order valence-electron chi connectivity index (χ3n) is 2.73. The van der Waals surface area contributed by atoms with Gasteiger partial charge < -0.3 is 10.4 Å². The minimum atomic E-state index is -1.32. The molecule has 0 bridgehead atoms. The number of para-hydroxylation sites is 1. The first-order valence-corrected chi connectivity index (χ1v) is 5.75. The zero-order chi connectivity index (χ0) is 14.7. The van der Waals surface area contributed by atoms with Gasteiger partial charge in [-0.1, -0.05) is 6.07 Å². The lowest BCUT2D eigenvalue weighted by Crippen LogP contribution is -2.17. The lowest BCUT2D eigenvalue weighted by atomic mass is 10.1. The van der Waals surface area contributed by atoms with Crippen molar-refractivity contribution in [1.29, 1.82) is 0 Å². The molecule has 0 aliphatic heterocycles. The van der Waals surface area contributed by atoms with Crippen LogP contribution in [0.4, 0.5) is 10.1 Å². The van der Waals surface area contributed by atoms with E-state index in [9.17, 15) is 14.0 Å². The molecule has 5 nitrogen and oxygen atoms in total. The number of aromatic carboxylic acids is 1. The first-order valence-electron chi connectivity index (χ1n) is 5.75. The average Bonchev–Trinajstić information content (AvgIpc) is 2.41. The van der Waals surface area contributed by atoms with Gasteiger partial charge in [0.1, 0.15) is 5.82 Å². The van der Waals surface area contributed by atoms with Crippen LogP contribution in [0.3, 0.4) is 0 Å². The van der Waals surface area contributed by atoms with Gasteiger partial charge in [-0.2, -0.15) is 0 Å². The summed E-state index contributed by atoms with van der Waals surface area (Å²) in [5.41, 5.74) is 0.0680. The summed E-state index contributed by atoms with van der Waals surface area (Å²) >= 11 is 0. The predicted molar refractivity (Wildman–Crippen MR) is 70.3 cm³/mol. The highest BCUT2D eigenvalue weighted by atomic mass is 19.1. The molecule has 0 atom stereocenters. The molecular formula is C14H11FN2O3. The van der Waals surface area contributed by atoms with Gasteiger partial charge in [-0.05, 0) is 31.2 Å². The number of nitrogens with zero attached hydrogens (tertiary/aromatic N) is 1. The number of carboxylic acid groups (broad SMARTS) is 1. The van der Waals surface area contributed by atoms with E-state index in [1.807, 2.05) is 0 Å². The number of hydrogen-bond donors (Lipinski definition) is 2. The molecule has 6 heteroatoms. The molecule has 0 aliphatic carbocycles. The van der Waals surface area contributed by atoms with E-state index in [2.05, 4.69) is 10.3 Å². The van der Waals surface area contributed by atoms with Crippen molar-refractivity contribution >= 4 is 17.6 Å². The van der Waals surface area contributed by atoms with Gasteiger partial charge in [-0.15, -0.1) is 0 Å². The Morgan fingerprint density at radius 3 is 2.55 bits per heavy atom. The SMILES string of the molecule is Cc1ncccc1C(=O)Nc1c(F)cccc1C(=O)O. The highest BCUT2D eigenvalue weighted by Crippen LogP contribution is 2.21. The number of anilines is 1. The number of pyridine rings is 1. The standard InChI is InChI=1S/C14H11FN2O3/c1-8-9(5-3-7-16-8)13(18)17-12-10(14(19)20)4-2-6-11(12)15/h2-7H,1H3,(H,17,18)(H,19,20). The Kier molecular flexibility index (Phi) is 3.74. The number of benzene rings is 1. The Balaban J connectivity index is 2.38. The lowest BCUT2D eigenvalue weighted by Gasteiger charge is -2.10. The molecule has 0 unspecified atom stereocenters. The molecule has 2 aromatic rings. The van der Waals surface area contributed by atoms with Crippen LogP contribution in [0.15, 0.2) is 36.5 Å². The van der Waals surface area contributed by atoms with Crippen LogP contribution in [0.25, 0.3) is 0 Å². The largest absolute Gasteiger partial charge is 0.478 e. The summed E-state index contributed by atoms with van der Waals surface area (Å²) in [4.78, 5) is 27.0. The monoisotopic (exact) mass is 274 g/mol. The Labute approximate surface area is 114 Å². The molecular weight excluding hydrogens is 263 g/mol. The van der Waals surface area contributed by atoms with Crippen molar-refractivity contribution in [1.82, 2.24) is 4.98 Å². The molecule has 2 rings (SSSR count). The molecule has 1 aromatic heterocycles. The minimum Gasteiger partial charge on any atom is -0.478 e. The summed E-state index contributed by atoms with van der Waals surface area (Å²) in [6.45, 7) is 1.63. The van der Waals surface area contributed by atoms with E-state index in [-0.39, 0.29) is 16.8 Å². The van der Waals surface area contributed by atoms with E-state index in [1.54, 1.807) is 13.0 Å². The van der Waals surface area contributed by atoms with Gasteiger partial charge in [0.15, 0.2) is 0 Å².